The highest BCUT2D eigenvalue weighted by molar-refractivity contribution is 5.82. The van der Waals surface area contributed by atoms with Crippen molar-refractivity contribution < 1.29 is 9.53 Å². The lowest BCUT2D eigenvalue weighted by molar-refractivity contribution is -0.133. The summed E-state index contributed by atoms with van der Waals surface area (Å²) in [5.74, 6) is -0.0487. The Labute approximate surface area is 120 Å². The second-order valence-corrected chi connectivity index (χ2v) is 6.04. The largest absolute Gasteiger partial charge is 0.364 e. The molecular weight excluding hydrogens is 252 g/mol. The van der Waals surface area contributed by atoms with E-state index in [2.05, 4.69) is 11.4 Å². The number of aryl methyl sites for hydroxylation is 1. The zero-order chi connectivity index (χ0) is 14.8. The molecule has 4 heteroatoms. The van der Waals surface area contributed by atoms with Crippen LogP contribution in [0.3, 0.4) is 0 Å². The van der Waals surface area contributed by atoms with E-state index in [1.54, 1.807) is 0 Å². The summed E-state index contributed by atoms with van der Waals surface area (Å²) in [4.78, 5) is 12.3. The predicted molar refractivity (Wildman–Crippen MR) is 79.3 cm³/mol. The molecule has 0 unspecified atom stereocenters. The molecule has 1 aliphatic rings. The maximum Gasteiger partial charge on any atom is 0.249 e. The molecule has 0 bridgehead atoms. The van der Waals surface area contributed by atoms with E-state index < -0.39 is 5.54 Å². The van der Waals surface area contributed by atoms with Crippen LogP contribution in [-0.4, -0.2) is 24.7 Å². The normalized spacial score (nSPS) is 22.8. The van der Waals surface area contributed by atoms with Crippen molar-refractivity contribution >= 4 is 5.91 Å². The number of amides is 1. The SMILES string of the molecule is Cc1cccc(C(C)(C)NC(=O)[C@@H]2CC[C@H](CN)O2)c1. The molecular formula is C16H24N2O2. The van der Waals surface area contributed by atoms with Gasteiger partial charge in [0.2, 0.25) is 5.91 Å². The van der Waals surface area contributed by atoms with Gasteiger partial charge in [0.15, 0.2) is 0 Å². The minimum atomic E-state index is -0.409. The number of hydrogen-bond donors (Lipinski definition) is 2. The number of nitrogens with one attached hydrogen (secondary N) is 1. The Hall–Kier alpha value is -1.39. The Morgan fingerprint density at radius 2 is 2.20 bits per heavy atom. The Morgan fingerprint density at radius 1 is 1.45 bits per heavy atom. The molecule has 20 heavy (non-hydrogen) atoms. The van der Waals surface area contributed by atoms with Crippen LogP contribution in [0.5, 0.6) is 0 Å². The third kappa shape index (κ3) is 3.38. The van der Waals surface area contributed by atoms with Crippen LogP contribution in [0.4, 0.5) is 0 Å². The second kappa shape index (κ2) is 5.94. The van der Waals surface area contributed by atoms with Crippen LogP contribution in [0, 0.1) is 6.92 Å². The monoisotopic (exact) mass is 276 g/mol. The maximum absolute atomic E-state index is 12.3. The van der Waals surface area contributed by atoms with Crippen LogP contribution in [-0.2, 0) is 15.1 Å². The van der Waals surface area contributed by atoms with Crippen molar-refractivity contribution in [3.05, 3.63) is 35.4 Å². The molecule has 1 aromatic rings. The predicted octanol–water partition coefficient (Wildman–Crippen LogP) is 1.85. The summed E-state index contributed by atoms with van der Waals surface area (Å²) in [6.07, 6.45) is 1.26. The summed E-state index contributed by atoms with van der Waals surface area (Å²) in [6.45, 7) is 6.54. The fourth-order valence-corrected chi connectivity index (χ4v) is 2.57. The average Bonchev–Trinajstić information content (AvgIpc) is 2.87. The van der Waals surface area contributed by atoms with Crippen LogP contribution in [0.2, 0.25) is 0 Å². The van der Waals surface area contributed by atoms with Crippen molar-refractivity contribution in [3.8, 4) is 0 Å². The van der Waals surface area contributed by atoms with E-state index in [1.807, 2.05) is 39.0 Å². The van der Waals surface area contributed by atoms with Gasteiger partial charge in [-0.1, -0.05) is 29.8 Å². The van der Waals surface area contributed by atoms with Crippen molar-refractivity contribution in [3.63, 3.8) is 0 Å². The van der Waals surface area contributed by atoms with Gasteiger partial charge in [0.25, 0.3) is 0 Å². The van der Waals surface area contributed by atoms with Crippen LogP contribution in [0.1, 0.15) is 37.8 Å². The zero-order valence-corrected chi connectivity index (χ0v) is 12.5. The number of nitrogens with two attached hydrogens (primary N) is 1. The molecule has 1 aliphatic heterocycles. The van der Waals surface area contributed by atoms with Gasteiger partial charge in [0.05, 0.1) is 11.6 Å². The van der Waals surface area contributed by atoms with Crippen LogP contribution >= 0.6 is 0 Å². The Bertz CT molecular complexity index is 485. The van der Waals surface area contributed by atoms with Gasteiger partial charge in [0.1, 0.15) is 6.10 Å². The Morgan fingerprint density at radius 3 is 2.80 bits per heavy atom. The first kappa shape index (κ1) is 15.0. The molecule has 2 rings (SSSR count). The Kier molecular flexibility index (Phi) is 4.45. The van der Waals surface area contributed by atoms with Gasteiger partial charge < -0.3 is 15.8 Å². The van der Waals surface area contributed by atoms with Crippen molar-refractivity contribution in [1.29, 1.82) is 0 Å². The summed E-state index contributed by atoms with van der Waals surface area (Å²) in [7, 11) is 0. The number of benzene rings is 1. The van der Waals surface area contributed by atoms with Crippen LogP contribution in [0.25, 0.3) is 0 Å². The molecule has 0 saturated carbocycles. The van der Waals surface area contributed by atoms with Crippen molar-refractivity contribution in [1.82, 2.24) is 5.32 Å². The molecule has 4 nitrogen and oxygen atoms in total. The quantitative estimate of drug-likeness (QED) is 0.882. The highest BCUT2D eigenvalue weighted by Gasteiger charge is 2.33. The molecule has 0 aliphatic carbocycles. The van der Waals surface area contributed by atoms with Gasteiger partial charge in [0, 0.05) is 6.54 Å². The number of rotatable bonds is 4. The van der Waals surface area contributed by atoms with Gasteiger partial charge >= 0.3 is 0 Å². The molecule has 0 spiro atoms. The number of carbonyl (C=O) groups excluding carboxylic acids is 1. The summed E-state index contributed by atoms with van der Waals surface area (Å²) < 4.78 is 5.64. The van der Waals surface area contributed by atoms with E-state index in [0.717, 1.165) is 18.4 Å². The number of hydrogen-bond acceptors (Lipinski definition) is 3. The van der Waals surface area contributed by atoms with Gasteiger partial charge in [-0.05, 0) is 39.2 Å². The summed E-state index contributed by atoms with van der Waals surface area (Å²) in [6, 6.07) is 8.19. The average molecular weight is 276 g/mol. The molecule has 1 amide bonds. The topological polar surface area (TPSA) is 64.4 Å². The fourth-order valence-electron chi connectivity index (χ4n) is 2.57. The van der Waals surface area contributed by atoms with Crippen molar-refractivity contribution in [2.45, 2.75) is 51.4 Å². The molecule has 1 fully saturated rings. The van der Waals surface area contributed by atoms with E-state index in [0.29, 0.717) is 6.54 Å². The molecule has 1 saturated heterocycles. The molecule has 1 heterocycles. The first-order valence-corrected chi connectivity index (χ1v) is 7.17. The van der Waals surface area contributed by atoms with Gasteiger partial charge in [-0.15, -0.1) is 0 Å². The molecule has 2 atom stereocenters. The lowest BCUT2D eigenvalue weighted by Crippen LogP contribution is -2.46. The minimum absolute atomic E-state index is 0.0211. The minimum Gasteiger partial charge on any atom is -0.364 e. The molecule has 1 aromatic carbocycles. The molecule has 110 valence electrons. The lowest BCUT2D eigenvalue weighted by atomic mass is 9.92. The smallest absolute Gasteiger partial charge is 0.249 e. The van der Waals surface area contributed by atoms with E-state index in [1.165, 1.54) is 5.56 Å². The van der Waals surface area contributed by atoms with Gasteiger partial charge in [-0.2, -0.15) is 0 Å². The van der Waals surface area contributed by atoms with E-state index >= 15 is 0 Å². The van der Waals surface area contributed by atoms with Crippen molar-refractivity contribution in [2.75, 3.05) is 6.54 Å². The third-order valence-electron chi connectivity index (χ3n) is 3.84. The number of carbonyl (C=O) groups is 1. The molecule has 0 radical (unpaired) electrons. The maximum atomic E-state index is 12.3. The molecule has 0 aromatic heterocycles. The molecule has 3 N–H and O–H groups in total. The first-order valence-electron chi connectivity index (χ1n) is 7.17. The van der Waals surface area contributed by atoms with Crippen molar-refractivity contribution in [2.24, 2.45) is 5.73 Å². The standard InChI is InChI=1S/C16H24N2O2/c1-11-5-4-6-12(9-11)16(2,3)18-15(19)14-8-7-13(10-17)20-14/h4-6,9,13-14H,7-8,10,17H2,1-3H3,(H,18,19)/t13-,14+/m1/s1. The first-order chi connectivity index (χ1) is 9.42. The highest BCUT2D eigenvalue weighted by atomic mass is 16.5. The van der Waals surface area contributed by atoms with E-state index in [-0.39, 0.29) is 18.1 Å². The highest BCUT2D eigenvalue weighted by Crippen LogP contribution is 2.24. The van der Waals surface area contributed by atoms with Crippen LogP contribution in [0.15, 0.2) is 24.3 Å². The van der Waals surface area contributed by atoms with Gasteiger partial charge in [-0.25, -0.2) is 0 Å². The van der Waals surface area contributed by atoms with Gasteiger partial charge in [-0.3, -0.25) is 4.79 Å². The van der Waals surface area contributed by atoms with Crippen LogP contribution < -0.4 is 11.1 Å². The summed E-state index contributed by atoms with van der Waals surface area (Å²) >= 11 is 0. The van der Waals surface area contributed by atoms with E-state index in [4.69, 9.17) is 10.5 Å². The van der Waals surface area contributed by atoms with E-state index in [9.17, 15) is 4.79 Å². The second-order valence-electron chi connectivity index (χ2n) is 6.04. The third-order valence-corrected chi connectivity index (χ3v) is 3.84. The number of ether oxygens (including phenoxy) is 1. The zero-order valence-electron chi connectivity index (χ0n) is 12.5. The fraction of sp³-hybridized carbons (Fsp3) is 0.562. The lowest BCUT2D eigenvalue weighted by Gasteiger charge is -2.28. The Balaban J connectivity index is 2.03. The summed E-state index contributed by atoms with van der Waals surface area (Å²) in [5, 5.41) is 3.08. The summed E-state index contributed by atoms with van der Waals surface area (Å²) in [5.41, 5.74) is 7.45.